The zero-order valence-electron chi connectivity index (χ0n) is 14.3. The average Bonchev–Trinajstić information content (AvgIpc) is 2.87. The van der Waals surface area contributed by atoms with Gasteiger partial charge in [-0.1, -0.05) is 18.2 Å². The molecule has 2 unspecified atom stereocenters. The zero-order valence-corrected chi connectivity index (χ0v) is 15.1. The molecule has 0 radical (unpaired) electrons. The van der Waals surface area contributed by atoms with Crippen molar-refractivity contribution in [1.82, 2.24) is 10.2 Å². The van der Waals surface area contributed by atoms with Gasteiger partial charge >= 0.3 is 0 Å². The molecule has 3 nitrogen and oxygen atoms in total. The molecule has 2 saturated heterocycles. The predicted octanol–water partition coefficient (Wildman–Crippen LogP) is 4.02. The molecule has 1 N–H and O–H groups in total. The first-order valence-electron chi connectivity index (χ1n) is 8.72. The Kier molecular flexibility index (Phi) is 5.58. The van der Waals surface area contributed by atoms with Gasteiger partial charge in [-0.05, 0) is 61.2 Å². The first-order valence-corrected chi connectivity index (χ1v) is 8.72. The van der Waals surface area contributed by atoms with Gasteiger partial charge in [-0.2, -0.15) is 0 Å². The molecule has 26 heavy (non-hydrogen) atoms. The van der Waals surface area contributed by atoms with Crippen LogP contribution in [0, 0.1) is 11.6 Å². The number of benzene rings is 2. The third-order valence-electron chi connectivity index (χ3n) is 5.27. The Hall–Kier alpha value is -1.98. The normalized spacial score (nSPS) is 21.8. The molecule has 2 heterocycles. The van der Waals surface area contributed by atoms with Crippen molar-refractivity contribution in [2.75, 3.05) is 13.1 Å². The van der Waals surface area contributed by atoms with Crippen LogP contribution in [0.3, 0.4) is 0 Å². The number of carbonyl (C=O) groups is 1. The number of nitrogens with one attached hydrogen (secondary N) is 1. The molecular weight excluding hydrogens is 358 g/mol. The molecule has 0 saturated carbocycles. The lowest BCUT2D eigenvalue weighted by atomic mass is 10.0. The molecule has 4 rings (SSSR count). The van der Waals surface area contributed by atoms with E-state index >= 15 is 0 Å². The Labute approximate surface area is 157 Å². The Morgan fingerprint density at radius 2 is 1.65 bits per heavy atom. The molecule has 2 atom stereocenters. The van der Waals surface area contributed by atoms with Gasteiger partial charge in [0.25, 0.3) is 5.91 Å². The lowest BCUT2D eigenvalue weighted by molar-refractivity contribution is 0.0675. The largest absolute Gasteiger partial charge is 0.331 e. The summed E-state index contributed by atoms with van der Waals surface area (Å²) in [6, 6.07) is 10.9. The van der Waals surface area contributed by atoms with E-state index in [1.165, 1.54) is 18.2 Å². The summed E-state index contributed by atoms with van der Waals surface area (Å²) in [5.74, 6) is -1.08. The summed E-state index contributed by atoms with van der Waals surface area (Å²) in [5, 5.41) is 3.35. The van der Waals surface area contributed by atoms with Crippen LogP contribution >= 0.6 is 12.4 Å². The summed E-state index contributed by atoms with van der Waals surface area (Å²) < 4.78 is 27.7. The fraction of sp³-hybridized carbons (Fsp3) is 0.350. The van der Waals surface area contributed by atoms with Crippen molar-refractivity contribution in [2.45, 2.75) is 31.3 Å². The van der Waals surface area contributed by atoms with Gasteiger partial charge in [-0.3, -0.25) is 4.79 Å². The monoisotopic (exact) mass is 378 g/mol. The molecule has 138 valence electrons. The SMILES string of the molecule is Cl.O=C(c1ccc(-c2ccc(F)cc2)cc1F)N1C2CCNCC1CC2. The van der Waals surface area contributed by atoms with Gasteiger partial charge < -0.3 is 10.2 Å². The minimum atomic E-state index is -0.525. The third kappa shape index (κ3) is 3.46. The Morgan fingerprint density at radius 1 is 0.962 bits per heavy atom. The highest BCUT2D eigenvalue weighted by Gasteiger charge is 2.39. The van der Waals surface area contributed by atoms with E-state index in [1.54, 1.807) is 24.3 Å². The first kappa shape index (κ1) is 18.8. The highest BCUT2D eigenvalue weighted by molar-refractivity contribution is 5.95. The van der Waals surface area contributed by atoms with Crippen LogP contribution in [0.15, 0.2) is 42.5 Å². The topological polar surface area (TPSA) is 32.3 Å². The number of hydrogen-bond donors (Lipinski definition) is 1. The van der Waals surface area contributed by atoms with Crippen molar-refractivity contribution in [3.63, 3.8) is 0 Å². The van der Waals surface area contributed by atoms with E-state index in [4.69, 9.17) is 0 Å². The minimum Gasteiger partial charge on any atom is -0.331 e. The van der Waals surface area contributed by atoms with Crippen LogP contribution in [0.1, 0.15) is 29.6 Å². The molecule has 0 spiro atoms. The quantitative estimate of drug-likeness (QED) is 0.856. The predicted molar refractivity (Wildman–Crippen MR) is 99.5 cm³/mol. The van der Waals surface area contributed by atoms with E-state index in [0.29, 0.717) is 5.56 Å². The summed E-state index contributed by atoms with van der Waals surface area (Å²) in [6.07, 6.45) is 2.88. The summed E-state index contributed by atoms with van der Waals surface area (Å²) in [6.45, 7) is 1.68. The van der Waals surface area contributed by atoms with E-state index in [0.717, 1.165) is 37.9 Å². The zero-order chi connectivity index (χ0) is 17.4. The highest BCUT2D eigenvalue weighted by Crippen LogP contribution is 2.31. The van der Waals surface area contributed by atoms with Crippen LogP contribution in [-0.4, -0.2) is 36.0 Å². The molecule has 2 aromatic rings. The maximum atomic E-state index is 14.7. The molecule has 0 aliphatic carbocycles. The molecule has 2 aromatic carbocycles. The van der Waals surface area contributed by atoms with E-state index in [2.05, 4.69) is 5.32 Å². The van der Waals surface area contributed by atoms with Gasteiger partial charge in [0.05, 0.1) is 5.56 Å². The van der Waals surface area contributed by atoms with Gasteiger partial charge in [0.15, 0.2) is 0 Å². The second kappa shape index (κ2) is 7.72. The van der Waals surface area contributed by atoms with Crippen LogP contribution in [-0.2, 0) is 0 Å². The average molecular weight is 379 g/mol. The Bertz CT molecular complexity index is 783. The smallest absolute Gasteiger partial charge is 0.257 e. The maximum Gasteiger partial charge on any atom is 0.257 e. The Balaban J connectivity index is 0.00000196. The van der Waals surface area contributed by atoms with E-state index in [9.17, 15) is 13.6 Å². The molecule has 1 amide bonds. The summed E-state index contributed by atoms with van der Waals surface area (Å²) in [7, 11) is 0. The Morgan fingerprint density at radius 3 is 2.38 bits per heavy atom. The van der Waals surface area contributed by atoms with Gasteiger partial charge in [-0.25, -0.2) is 8.78 Å². The summed E-state index contributed by atoms with van der Waals surface area (Å²) in [5.41, 5.74) is 1.47. The number of amides is 1. The number of halogens is 3. The molecule has 2 aliphatic rings. The number of hydrogen-bond acceptors (Lipinski definition) is 2. The lowest BCUT2D eigenvalue weighted by Crippen LogP contribution is -2.42. The molecule has 0 aromatic heterocycles. The molecule has 2 bridgehead atoms. The van der Waals surface area contributed by atoms with Crippen molar-refractivity contribution >= 4 is 18.3 Å². The first-order chi connectivity index (χ1) is 12.1. The summed E-state index contributed by atoms with van der Waals surface area (Å²) in [4.78, 5) is 14.8. The van der Waals surface area contributed by atoms with E-state index < -0.39 is 5.82 Å². The number of carbonyl (C=O) groups excluding carboxylic acids is 1. The lowest BCUT2D eigenvalue weighted by Gasteiger charge is -2.28. The second-order valence-electron chi connectivity index (χ2n) is 6.79. The van der Waals surface area contributed by atoms with Crippen molar-refractivity contribution in [3.05, 3.63) is 59.7 Å². The third-order valence-corrected chi connectivity index (χ3v) is 5.27. The molecular formula is C20H21ClF2N2O. The van der Waals surface area contributed by atoms with Gasteiger partial charge in [0.2, 0.25) is 0 Å². The van der Waals surface area contributed by atoms with Crippen LogP contribution < -0.4 is 5.32 Å². The van der Waals surface area contributed by atoms with Crippen LogP contribution in [0.5, 0.6) is 0 Å². The summed E-state index contributed by atoms with van der Waals surface area (Å²) >= 11 is 0. The van der Waals surface area contributed by atoms with Gasteiger partial charge in [0, 0.05) is 18.6 Å². The molecule has 6 heteroatoms. The van der Waals surface area contributed by atoms with Gasteiger partial charge in [-0.15, -0.1) is 12.4 Å². The van der Waals surface area contributed by atoms with Crippen LogP contribution in [0.2, 0.25) is 0 Å². The fourth-order valence-electron chi connectivity index (χ4n) is 3.96. The maximum absolute atomic E-state index is 14.7. The van der Waals surface area contributed by atoms with Crippen molar-refractivity contribution in [2.24, 2.45) is 0 Å². The van der Waals surface area contributed by atoms with Gasteiger partial charge in [0.1, 0.15) is 11.6 Å². The van der Waals surface area contributed by atoms with Crippen molar-refractivity contribution in [3.8, 4) is 11.1 Å². The standard InChI is InChI=1S/C20H20F2N2O.ClH/c21-15-4-1-13(2-5-15)14-3-8-18(19(22)11-14)20(25)24-16-6-7-17(24)12-23-10-9-16;/h1-5,8,11,16-17,23H,6-7,9-10,12H2;1H. The van der Waals surface area contributed by atoms with E-state index in [1.807, 2.05) is 4.90 Å². The minimum absolute atomic E-state index is 0. The molecule has 2 aliphatic heterocycles. The number of rotatable bonds is 2. The van der Waals surface area contributed by atoms with Crippen LogP contribution in [0.25, 0.3) is 11.1 Å². The molecule has 2 fully saturated rings. The van der Waals surface area contributed by atoms with E-state index in [-0.39, 0.29) is 41.8 Å². The van der Waals surface area contributed by atoms with Crippen molar-refractivity contribution < 1.29 is 13.6 Å². The highest BCUT2D eigenvalue weighted by atomic mass is 35.5. The van der Waals surface area contributed by atoms with Crippen molar-refractivity contribution in [1.29, 1.82) is 0 Å². The van der Waals surface area contributed by atoms with Crippen LogP contribution in [0.4, 0.5) is 8.78 Å². The second-order valence-corrected chi connectivity index (χ2v) is 6.79. The number of fused-ring (bicyclic) bond motifs is 2. The number of nitrogens with zero attached hydrogens (tertiary/aromatic N) is 1. The fourth-order valence-corrected chi connectivity index (χ4v) is 3.96.